The monoisotopic (exact) mass is 456 g/mol. The first-order valence-corrected chi connectivity index (χ1v) is 11.3. The topological polar surface area (TPSA) is 85.6 Å². The van der Waals surface area contributed by atoms with Gasteiger partial charge in [-0.25, -0.2) is 14.6 Å². The van der Waals surface area contributed by atoms with Crippen LogP contribution in [0.2, 0.25) is 5.02 Å². The van der Waals surface area contributed by atoms with Crippen LogP contribution in [0.25, 0.3) is 5.69 Å². The minimum absolute atomic E-state index is 0.270. The second kappa shape index (κ2) is 9.38. The Bertz CT molecular complexity index is 1150. The first-order chi connectivity index (χ1) is 14.6. The third kappa shape index (κ3) is 4.69. The molecule has 0 aliphatic rings. The van der Waals surface area contributed by atoms with E-state index in [9.17, 15) is 4.79 Å². The van der Waals surface area contributed by atoms with E-state index in [0.717, 1.165) is 16.1 Å². The highest BCUT2D eigenvalue weighted by molar-refractivity contribution is 7.98. The van der Waals surface area contributed by atoms with Crippen molar-refractivity contribution >= 4 is 40.6 Å². The minimum atomic E-state index is -0.280. The summed E-state index contributed by atoms with van der Waals surface area (Å²) < 4.78 is 1.64. The standard InChI is InChI=1S/C20H17ClN6OS2/c1-13-5-6-14(10-16(13)21)27-17(12-30-20-22-7-3-8-23-20)18(25-26-27)19(28)24-11-15-4-2-9-29-15/h2-10H,11-12H2,1H3,(H,24,28). The van der Waals surface area contributed by atoms with Crippen LogP contribution in [0, 0.1) is 6.92 Å². The lowest BCUT2D eigenvalue weighted by molar-refractivity contribution is 0.0945. The van der Waals surface area contributed by atoms with Crippen molar-refractivity contribution in [2.75, 3.05) is 0 Å². The lowest BCUT2D eigenvalue weighted by atomic mass is 10.2. The number of aromatic nitrogens is 5. The number of carbonyl (C=O) groups is 1. The summed E-state index contributed by atoms with van der Waals surface area (Å²) >= 11 is 9.29. The molecule has 3 aromatic heterocycles. The third-order valence-electron chi connectivity index (χ3n) is 4.26. The summed E-state index contributed by atoms with van der Waals surface area (Å²) in [7, 11) is 0. The Morgan fingerprint density at radius 1 is 1.23 bits per heavy atom. The van der Waals surface area contributed by atoms with Crippen molar-refractivity contribution < 1.29 is 4.79 Å². The second-order valence-corrected chi connectivity index (χ2v) is 8.69. The predicted octanol–water partition coefficient (Wildman–Crippen LogP) is 4.30. The lowest BCUT2D eigenvalue weighted by Crippen LogP contribution is -2.24. The van der Waals surface area contributed by atoms with Gasteiger partial charge in [0.2, 0.25) is 0 Å². The largest absolute Gasteiger partial charge is 0.346 e. The van der Waals surface area contributed by atoms with Crippen LogP contribution in [0.5, 0.6) is 0 Å². The number of amides is 1. The molecule has 152 valence electrons. The van der Waals surface area contributed by atoms with E-state index in [2.05, 4.69) is 25.6 Å². The number of carbonyl (C=O) groups excluding carboxylic acids is 1. The van der Waals surface area contributed by atoms with E-state index in [1.807, 2.05) is 42.6 Å². The van der Waals surface area contributed by atoms with Crippen LogP contribution in [0.3, 0.4) is 0 Å². The highest BCUT2D eigenvalue weighted by atomic mass is 35.5. The van der Waals surface area contributed by atoms with Crippen LogP contribution in [0.15, 0.2) is 59.3 Å². The Labute approximate surface area is 186 Å². The molecule has 0 bridgehead atoms. The maximum atomic E-state index is 12.8. The van der Waals surface area contributed by atoms with Gasteiger partial charge in [-0.1, -0.05) is 40.7 Å². The molecule has 1 amide bonds. The minimum Gasteiger partial charge on any atom is -0.346 e. The quantitative estimate of drug-likeness (QED) is 0.329. The van der Waals surface area contributed by atoms with Gasteiger partial charge in [0, 0.05) is 28.0 Å². The van der Waals surface area contributed by atoms with Crippen LogP contribution in [-0.4, -0.2) is 30.9 Å². The third-order valence-corrected chi connectivity index (χ3v) is 6.43. The molecule has 1 N–H and O–H groups in total. The molecule has 0 saturated carbocycles. The molecular weight excluding hydrogens is 440 g/mol. The van der Waals surface area contributed by atoms with Crippen molar-refractivity contribution in [3.05, 3.63) is 81.0 Å². The molecule has 0 radical (unpaired) electrons. The fourth-order valence-corrected chi connectivity index (χ4v) is 4.30. The fraction of sp³-hybridized carbons (Fsp3) is 0.150. The Hall–Kier alpha value is -2.75. The van der Waals surface area contributed by atoms with E-state index in [4.69, 9.17) is 11.6 Å². The number of hydrogen-bond acceptors (Lipinski definition) is 7. The molecule has 0 fully saturated rings. The smallest absolute Gasteiger partial charge is 0.274 e. The summed E-state index contributed by atoms with van der Waals surface area (Å²) in [5, 5.41) is 14.5. The Morgan fingerprint density at radius 2 is 2.07 bits per heavy atom. The van der Waals surface area contributed by atoms with Gasteiger partial charge < -0.3 is 5.32 Å². The zero-order valence-electron chi connectivity index (χ0n) is 15.9. The summed E-state index contributed by atoms with van der Waals surface area (Å²) in [6.45, 7) is 2.37. The van der Waals surface area contributed by atoms with Gasteiger partial charge in [0.05, 0.1) is 17.9 Å². The number of aryl methyl sites for hydroxylation is 1. The number of halogens is 1. The van der Waals surface area contributed by atoms with Crippen LogP contribution < -0.4 is 5.32 Å². The highest BCUT2D eigenvalue weighted by Gasteiger charge is 2.21. The van der Waals surface area contributed by atoms with Crippen molar-refractivity contribution in [2.45, 2.75) is 24.4 Å². The molecule has 0 aliphatic heterocycles. The van der Waals surface area contributed by atoms with E-state index in [0.29, 0.717) is 28.2 Å². The molecule has 30 heavy (non-hydrogen) atoms. The normalized spacial score (nSPS) is 10.9. The zero-order valence-corrected chi connectivity index (χ0v) is 18.3. The molecule has 1 aromatic carbocycles. The number of thiophene rings is 1. The summed E-state index contributed by atoms with van der Waals surface area (Å²) in [6, 6.07) is 11.3. The Morgan fingerprint density at radius 3 is 2.80 bits per heavy atom. The molecule has 4 aromatic rings. The molecule has 3 heterocycles. The SMILES string of the molecule is Cc1ccc(-n2nnc(C(=O)NCc3cccs3)c2CSc2ncccn2)cc1Cl. The second-order valence-electron chi connectivity index (χ2n) is 6.31. The maximum absolute atomic E-state index is 12.8. The molecule has 0 spiro atoms. The maximum Gasteiger partial charge on any atom is 0.274 e. The average molecular weight is 457 g/mol. The fourth-order valence-electron chi connectivity index (χ4n) is 2.69. The molecule has 7 nitrogen and oxygen atoms in total. The average Bonchev–Trinajstić information content (AvgIpc) is 3.43. The van der Waals surface area contributed by atoms with Crippen molar-refractivity contribution in [1.82, 2.24) is 30.3 Å². The number of rotatable bonds is 7. The van der Waals surface area contributed by atoms with Crippen LogP contribution in [-0.2, 0) is 12.3 Å². The highest BCUT2D eigenvalue weighted by Crippen LogP contribution is 2.25. The Kier molecular flexibility index (Phi) is 6.41. The number of nitrogens with zero attached hydrogens (tertiary/aromatic N) is 5. The zero-order chi connectivity index (χ0) is 20.9. The number of thioether (sulfide) groups is 1. The van der Waals surface area contributed by atoms with E-state index in [1.165, 1.54) is 11.8 Å². The number of hydrogen-bond donors (Lipinski definition) is 1. The summed E-state index contributed by atoms with van der Waals surface area (Å²) in [5.74, 6) is 0.141. The lowest BCUT2D eigenvalue weighted by Gasteiger charge is -2.09. The van der Waals surface area contributed by atoms with Crippen molar-refractivity contribution in [1.29, 1.82) is 0 Å². The predicted molar refractivity (Wildman–Crippen MR) is 118 cm³/mol. The van der Waals surface area contributed by atoms with Gasteiger partial charge in [-0.05, 0) is 42.1 Å². The van der Waals surface area contributed by atoms with Gasteiger partial charge in [0.25, 0.3) is 5.91 Å². The number of benzene rings is 1. The first-order valence-electron chi connectivity index (χ1n) is 9.03. The molecular formula is C20H17ClN6OS2. The summed E-state index contributed by atoms with van der Waals surface area (Å²) in [6.07, 6.45) is 3.36. The first kappa shape index (κ1) is 20.5. The number of nitrogens with one attached hydrogen (secondary N) is 1. The van der Waals surface area contributed by atoms with Gasteiger partial charge in [-0.3, -0.25) is 4.79 Å². The molecule has 10 heteroatoms. The van der Waals surface area contributed by atoms with Crippen LogP contribution in [0.4, 0.5) is 0 Å². The van der Waals surface area contributed by atoms with E-state index < -0.39 is 0 Å². The van der Waals surface area contributed by atoms with E-state index in [1.54, 1.807) is 34.5 Å². The van der Waals surface area contributed by atoms with Crippen molar-refractivity contribution in [2.24, 2.45) is 0 Å². The van der Waals surface area contributed by atoms with Crippen LogP contribution >= 0.6 is 34.7 Å². The van der Waals surface area contributed by atoms with E-state index in [-0.39, 0.29) is 11.6 Å². The molecule has 0 saturated heterocycles. The van der Waals surface area contributed by atoms with Gasteiger partial charge in [-0.2, -0.15) is 0 Å². The van der Waals surface area contributed by atoms with Crippen LogP contribution in [0.1, 0.15) is 26.6 Å². The van der Waals surface area contributed by atoms with Gasteiger partial charge in [0.1, 0.15) is 0 Å². The van der Waals surface area contributed by atoms with Gasteiger partial charge in [-0.15, -0.1) is 16.4 Å². The molecule has 0 atom stereocenters. The molecule has 4 rings (SSSR count). The summed E-state index contributed by atoms with van der Waals surface area (Å²) in [4.78, 5) is 22.4. The van der Waals surface area contributed by atoms with Gasteiger partial charge in [0.15, 0.2) is 10.9 Å². The van der Waals surface area contributed by atoms with Gasteiger partial charge >= 0.3 is 0 Å². The van der Waals surface area contributed by atoms with Crippen molar-refractivity contribution in [3.63, 3.8) is 0 Å². The summed E-state index contributed by atoms with van der Waals surface area (Å²) in [5.41, 5.74) is 2.62. The van der Waals surface area contributed by atoms with Crippen molar-refractivity contribution in [3.8, 4) is 5.69 Å². The molecule has 0 aliphatic carbocycles. The van der Waals surface area contributed by atoms with E-state index >= 15 is 0 Å². The molecule has 0 unspecified atom stereocenters. The Balaban J connectivity index is 1.63.